The zero-order chi connectivity index (χ0) is 22.2. The summed E-state index contributed by atoms with van der Waals surface area (Å²) in [5.74, 6) is -0.152. The van der Waals surface area contributed by atoms with Crippen molar-refractivity contribution in [3.05, 3.63) is 59.5 Å². The Labute approximate surface area is 182 Å². The third-order valence-electron chi connectivity index (χ3n) is 4.10. The van der Waals surface area contributed by atoms with E-state index in [1.165, 1.54) is 36.7 Å². The zero-order valence-corrected chi connectivity index (χ0v) is 17.6. The molecule has 9 heteroatoms. The van der Waals surface area contributed by atoms with Crippen molar-refractivity contribution in [3.63, 3.8) is 0 Å². The topological polar surface area (TPSA) is 107 Å². The summed E-state index contributed by atoms with van der Waals surface area (Å²) in [6.07, 6.45) is 2.68. The van der Waals surface area contributed by atoms with Gasteiger partial charge >= 0.3 is 5.97 Å². The largest absolute Gasteiger partial charge is 0.504 e. The van der Waals surface area contributed by atoms with Gasteiger partial charge in [0.05, 0.1) is 19.9 Å². The van der Waals surface area contributed by atoms with Gasteiger partial charge in [-0.2, -0.15) is 0 Å². The summed E-state index contributed by atoms with van der Waals surface area (Å²) in [5.41, 5.74) is 2.23. The van der Waals surface area contributed by atoms with Crippen molar-refractivity contribution in [1.29, 1.82) is 0 Å². The third-order valence-corrected chi connectivity index (χ3v) is 4.86. The van der Waals surface area contributed by atoms with Crippen LogP contribution in [0.4, 0.5) is 5.13 Å². The molecule has 0 unspecified atom stereocenters. The number of rotatable bonds is 8. The molecule has 31 heavy (non-hydrogen) atoms. The first kappa shape index (κ1) is 21.8. The van der Waals surface area contributed by atoms with Gasteiger partial charge in [0.2, 0.25) is 0 Å². The van der Waals surface area contributed by atoms with Crippen molar-refractivity contribution in [1.82, 2.24) is 4.98 Å². The fraction of sp³-hybridized carbons (Fsp3) is 0.136. The standard InChI is InChI=1S/C22H20N2O6S/c1-28-16-7-5-15(6-8-16)17-13-31-22(23-17)24-20(26)12-30-21(27)10-4-14-3-9-18(25)19(11-14)29-2/h3-11,13,25H,12H2,1-2H3,(H,23,24,26). The first-order valence-corrected chi connectivity index (χ1v) is 9.98. The highest BCUT2D eigenvalue weighted by atomic mass is 32.1. The molecule has 0 bridgehead atoms. The summed E-state index contributed by atoms with van der Waals surface area (Å²) >= 11 is 1.27. The Balaban J connectivity index is 1.49. The summed E-state index contributed by atoms with van der Waals surface area (Å²) in [6, 6.07) is 12.0. The minimum atomic E-state index is -0.680. The molecule has 0 spiro atoms. The molecule has 160 valence electrons. The Bertz CT molecular complexity index is 1090. The predicted molar refractivity (Wildman–Crippen MR) is 117 cm³/mol. The average molecular weight is 440 g/mol. The number of anilines is 1. The first-order valence-electron chi connectivity index (χ1n) is 9.10. The highest BCUT2D eigenvalue weighted by Gasteiger charge is 2.10. The van der Waals surface area contributed by atoms with Gasteiger partial charge in [-0.3, -0.25) is 10.1 Å². The van der Waals surface area contributed by atoms with E-state index in [1.807, 2.05) is 29.6 Å². The molecule has 3 aromatic rings. The summed E-state index contributed by atoms with van der Waals surface area (Å²) in [7, 11) is 3.02. The van der Waals surface area contributed by atoms with Crippen LogP contribution in [0.3, 0.4) is 0 Å². The molecule has 0 aliphatic carbocycles. The SMILES string of the molecule is COc1ccc(-c2csc(NC(=O)COC(=O)C=Cc3ccc(O)c(OC)c3)n2)cc1. The number of nitrogens with zero attached hydrogens (tertiary/aromatic N) is 1. The quantitative estimate of drug-likeness (QED) is 0.406. The monoisotopic (exact) mass is 440 g/mol. The van der Waals surface area contributed by atoms with Gasteiger partial charge < -0.3 is 19.3 Å². The number of amides is 1. The van der Waals surface area contributed by atoms with E-state index in [0.717, 1.165) is 11.3 Å². The van der Waals surface area contributed by atoms with Gasteiger partial charge in [-0.15, -0.1) is 11.3 Å². The molecule has 0 fully saturated rings. The molecule has 0 saturated heterocycles. The number of carbonyl (C=O) groups is 2. The Morgan fingerprint density at radius 3 is 2.61 bits per heavy atom. The summed E-state index contributed by atoms with van der Waals surface area (Å²) in [6.45, 7) is -0.445. The van der Waals surface area contributed by atoms with E-state index < -0.39 is 18.5 Å². The molecule has 3 rings (SSSR count). The molecule has 1 amide bonds. The summed E-state index contributed by atoms with van der Waals surface area (Å²) in [5, 5.41) is 14.4. The van der Waals surface area contributed by atoms with E-state index in [1.54, 1.807) is 19.2 Å². The molecule has 0 aliphatic rings. The van der Waals surface area contributed by atoms with Crippen LogP contribution in [0.1, 0.15) is 5.56 Å². The highest BCUT2D eigenvalue weighted by molar-refractivity contribution is 7.14. The van der Waals surface area contributed by atoms with Crippen LogP contribution in [-0.2, 0) is 14.3 Å². The van der Waals surface area contributed by atoms with Crippen LogP contribution in [0.5, 0.6) is 17.2 Å². The first-order chi connectivity index (χ1) is 15.0. The number of hydrogen-bond donors (Lipinski definition) is 2. The number of nitrogens with one attached hydrogen (secondary N) is 1. The molecule has 8 nitrogen and oxygen atoms in total. The van der Waals surface area contributed by atoms with Crippen LogP contribution in [0.2, 0.25) is 0 Å². The average Bonchev–Trinajstić information content (AvgIpc) is 3.25. The van der Waals surface area contributed by atoms with Crippen molar-refractivity contribution >= 4 is 34.4 Å². The van der Waals surface area contributed by atoms with Crippen molar-refractivity contribution in [2.75, 3.05) is 26.1 Å². The Morgan fingerprint density at radius 2 is 1.90 bits per heavy atom. The molecule has 0 radical (unpaired) electrons. The minimum Gasteiger partial charge on any atom is -0.504 e. The van der Waals surface area contributed by atoms with Gasteiger partial charge in [-0.1, -0.05) is 6.07 Å². The summed E-state index contributed by atoms with van der Waals surface area (Å²) in [4.78, 5) is 28.2. The molecule has 2 N–H and O–H groups in total. The van der Waals surface area contributed by atoms with E-state index in [4.69, 9.17) is 14.2 Å². The summed E-state index contributed by atoms with van der Waals surface area (Å²) < 4.78 is 15.1. The van der Waals surface area contributed by atoms with Gasteiger partial charge in [0.1, 0.15) is 5.75 Å². The molecule has 0 saturated carbocycles. The number of benzene rings is 2. The lowest BCUT2D eigenvalue weighted by Crippen LogP contribution is -2.20. The normalized spacial score (nSPS) is 10.6. The smallest absolute Gasteiger partial charge is 0.331 e. The van der Waals surface area contributed by atoms with Gasteiger partial charge in [0.25, 0.3) is 5.91 Å². The third kappa shape index (κ3) is 6.06. The lowest BCUT2D eigenvalue weighted by molar-refractivity contribution is -0.142. The van der Waals surface area contributed by atoms with E-state index in [0.29, 0.717) is 16.4 Å². The highest BCUT2D eigenvalue weighted by Crippen LogP contribution is 2.27. The molecule has 0 aliphatic heterocycles. The van der Waals surface area contributed by atoms with Gasteiger partial charge in [0.15, 0.2) is 23.2 Å². The maximum absolute atomic E-state index is 12.0. The Morgan fingerprint density at radius 1 is 1.13 bits per heavy atom. The maximum atomic E-state index is 12.0. The number of thiazole rings is 1. The van der Waals surface area contributed by atoms with E-state index >= 15 is 0 Å². The molecule has 1 aromatic heterocycles. The number of phenolic OH excluding ortho intramolecular Hbond substituents is 1. The van der Waals surface area contributed by atoms with E-state index in [9.17, 15) is 14.7 Å². The molecule has 0 atom stereocenters. The predicted octanol–water partition coefficient (Wildman–Crippen LogP) is 3.73. The van der Waals surface area contributed by atoms with E-state index in [-0.39, 0.29) is 11.5 Å². The van der Waals surface area contributed by atoms with Crippen LogP contribution in [0, 0.1) is 0 Å². The second kappa shape index (κ2) is 10.3. The fourth-order valence-electron chi connectivity index (χ4n) is 2.53. The van der Waals surface area contributed by atoms with Gasteiger partial charge in [-0.25, -0.2) is 9.78 Å². The van der Waals surface area contributed by atoms with Crippen LogP contribution in [-0.4, -0.2) is 42.8 Å². The van der Waals surface area contributed by atoms with Gasteiger partial charge in [0, 0.05) is 17.0 Å². The second-order valence-corrected chi connectivity index (χ2v) is 7.05. The zero-order valence-electron chi connectivity index (χ0n) is 16.8. The molecule has 1 heterocycles. The molecular formula is C22H20N2O6S. The number of aromatic nitrogens is 1. The van der Waals surface area contributed by atoms with Crippen molar-refractivity contribution in [2.45, 2.75) is 0 Å². The van der Waals surface area contributed by atoms with Crippen LogP contribution in [0.15, 0.2) is 53.9 Å². The van der Waals surface area contributed by atoms with Crippen molar-refractivity contribution in [3.8, 4) is 28.5 Å². The number of ether oxygens (including phenoxy) is 3. The lowest BCUT2D eigenvalue weighted by atomic mass is 10.2. The molecule has 2 aromatic carbocycles. The minimum absolute atomic E-state index is 0.00349. The van der Waals surface area contributed by atoms with Crippen molar-refractivity contribution < 1.29 is 28.9 Å². The Hall–Kier alpha value is -3.85. The van der Waals surface area contributed by atoms with Crippen LogP contribution < -0.4 is 14.8 Å². The van der Waals surface area contributed by atoms with Crippen molar-refractivity contribution in [2.24, 2.45) is 0 Å². The lowest BCUT2D eigenvalue weighted by Gasteiger charge is -2.04. The number of aromatic hydroxyl groups is 1. The second-order valence-electron chi connectivity index (χ2n) is 6.19. The number of methoxy groups -OCH3 is 2. The number of esters is 1. The van der Waals surface area contributed by atoms with Crippen LogP contribution >= 0.6 is 11.3 Å². The molecular weight excluding hydrogens is 420 g/mol. The number of phenols is 1. The van der Waals surface area contributed by atoms with E-state index in [2.05, 4.69) is 10.3 Å². The number of hydrogen-bond acceptors (Lipinski definition) is 8. The fourth-order valence-corrected chi connectivity index (χ4v) is 3.26. The van der Waals surface area contributed by atoms with Gasteiger partial charge in [-0.05, 0) is 48.0 Å². The Kier molecular flexibility index (Phi) is 7.23. The maximum Gasteiger partial charge on any atom is 0.331 e. The van der Waals surface area contributed by atoms with Crippen LogP contribution in [0.25, 0.3) is 17.3 Å². The number of carbonyl (C=O) groups excluding carboxylic acids is 2.